The molecule has 4 atom stereocenters. The average Bonchev–Trinajstić information content (AvgIpc) is 2.55. The lowest BCUT2D eigenvalue weighted by atomic mass is 10.1. The molecule has 5 nitrogen and oxygen atoms in total. The van der Waals surface area contributed by atoms with Crippen molar-refractivity contribution in [1.82, 2.24) is 0 Å². The summed E-state index contributed by atoms with van der Waals surface area (Å²) in [6, 6.07) is 8.65. The molecule has 5 heteroatoms. The standard InChI is InChI=1S/C18H27NO4/c1-5-12-21-16(6-2)17(14(4)22-18(20)13(3)19)23-15-10-8-7-9-11-15/h6-11,13-14,16-17H,2,5,12,19H2,1,3-4H3/t13?,14-,16-,17-/m0/s1. The molecule has 0 spiro atoms. The number of esters is 1. The zero-order valence-electron chi connectivity index (χ0n) is 14.1. The average molecular weight is 321 g/mol. The Kier molecular flexibility index (Phi) is 8.37. The second kappa shape index (κ2) is 10.0. The van der Waals surface area contributed by atoms with Crippen LogP contribution in [-0.4, -0.2) is 36.9 Å². The number of benzene rings is 1. The maximum atomic E-state index is 11.8. The number of ether oxygens (including phenoxy) is 3. The summed E-state index contributed by atoms with van der Waals surface area (Å²) in [5.74, 6) is 0.200. The van der Waals surface area contributed by atoms with Crippen molar-refractivity contribution in [1.29, 1.82) is 0 Å². The first kappa shape index (κ1) is 19.2. The van der Waals surface area contributed by atoms with Crippen LogP contribution in [0.2, 0.25) is 0 Å². The second-order valence-electron chi connectivity index (χ2n) is 5.40. The third kappa shape index (κ3) is 6.42. The molecular weight excluding hydrogens is 294 g/mol. The second-order valence-corrected chi connectivity index (χ2v) is 5.40. The predicted molar refractivity (Wildman–Crippen MR) is 90.3 cm³/mol. The maximum Gasteiger partial charge on any atom is 0.323 e. The molecule has 2 N–H and O–H groups in total. The van der Waals surface area contributed by atoms with E-state index in [1.54, 1.807) is 19.9 Å². The van der Waals surface area contributed by atoms with Gasteiger partial charge >= 0.3 is 5.97 Å². The smallest absolute Gasteiger partial charge is 0.323 e. The lowest BCUT2D eigenvalue weighted by Crippen LogP contribution is -2.45. The monoisotopic (exact) mass is 321 g/mol. The number of para-hydroxylation sites is 1. The highest BCUT2D eigenvalue weighted by Gasteiger charge is 2.31. The van der Waals surface area contributed by atoms with Gasteiger partial charge in [-0.1, -0.05) is 31.2 Å². The third-order valence-corrected chi connectivity index (χ3v) is 3.22. The van der Waals surface area contributed by atoms with Crippen LogP contribution in [0.25, 0.3) is 0 Å². The fraction of sp³-hybridized carbons (Fsp3) is 0.500. The van der Waals surface area contributed by atoms with E-state index in [2.05, 4.69) is 6.58 Å². The van der Waals surface area contributed by atoms with Crippen LogP contribution in [0.15, 0.2) is 43.0 Å². The molecule has 0 aromatic heterocycles. The van der Waals surface area contributed by atoms with Gasteiger partial charge in [-0.3, -0.25) is 4.79 Å². The fourth-order valence-corrected chi connectivity index (χ4v) is 1.99. The van der Waals surface area contributed by atoms with Crippen molar-refractivity contribution in [3.8, 4) is 5.75 Å². The van der Waals surface area contributed by atoms with Crippen LogP contribution >= 0.6 is 0 Å². The molecule has 1 unspecified atom stereocenters. The van der Waals surface area contributed by atoms with Crippen molar-refractivity contribution in [2.75, 3.05) is 6.61 Å². The van der Waals surface area contributed by atoms with Gasteiger partial charge in [0.25, 0.3) is 0 Å². The van der Waals surface area contributed by atoms with Crippen LogP contribution in [-0.2, 0) is 14.3 Å². The molecule has 0 fully saturated rings. The molecule has 1 aromatic rings. The van der Waals surface area contributed by atoms with E-state index < -0.39 is 30.3 Å². The number of carbonyl (C=O) groups excluding carboxylic acids is 1. The van der Waals surface area contributed by atoms with E-state index >= 15 is 0 Å². The minimum Gasteiger partial charge on any atom is -0.483 e. The van der Waals surface area contributed by atoms with E-state index in [0.29, 0.717) is 12.4 Å². The highest BCUT2D eigenvalue weighted by molar-refractivity contribution is 5.75. The van der Waals surface area contributed by atoms with E-state index in [4.69, 9.17) is 19.9 Å². The van der Waals surface area contributed by atoms with Crippen LogP contribution in [0.4, 0.5) is 0 Å². The zero-order valence-corrected chi connectivity index (χ0v) is 14.1. The van der Waals surface area contributed by atoms with Crippen molar-refractivity contribution in [2.45, 2.75) is 51.5 Å². The van der Waals surface area contributed by atoms with E-state index in [1.165, 1.54) is 0 Å². The van der Waals surface area contributed by atoms with E-state index in [0.717, 1.165) is 6.42 Å². The van der Waals surface area contributed by atoms with Gasteiger partial charge in [-0.05, 0) is 32.4 Å². The van der Waals surface area contributed by atoms with Gasteiger partial charge in [-0.25, -0.2) is 0 Å². The summed E-state index contributed by atoms with van der Waals surface area (Å²) in [5.41, 5.74) is 5.56. The maximum absolute atomic E-state index is 11.8. The summed E-state index contributed by atoms with van der Waals surface area (Å²) >= 11 is 0. The molecule has 0 aliphatic rings. The molecule has 0 heterocycles. The number of hydrogen-bond acceptors (Lipinski definition) is 5. The van der Waals surface area contributed by atoms with Crippen LogP contribution in [0, 0.1) is 0 Å². The van der Waals surface area contributed by atoms with Crippen molar-refractivity contribution in [3.05, 3.63) is 43.0 Å². The van der Waals surface area contributed by atoms with Gasteiger partial charge in [0.05, 0.1) is 0 Å². The lowest BCUT2D eigenvalue weighted by molar-refractivity contribution is -0.157. The first-order chi connectivity index (χ1) is 11.0. The minimum atomic E-state index is -0.687. The van der Waals surface area contributed by atoms with Crippen LogP contribution in [0.3, 0.4) is 0 Å². The quantitative estimate of drug-likeness (QED) is 0.530. The predicted octanol–water partition coefficient (Wildman–Crippen LogP) is 2.69. The Labute approximate surface area is 138 Å². The minimum absolute atomic E-state index is 0.397. The Morgan fingerprint density at radius 2 is 1.96 bits per heavy atom. The van der Waals surface area contributed by atoms with Crippen LogP contribution < -0.4 is 10.5 Å². The van der Waals surface area contributed by atoms with Gasteiger partial charge in [-0.2, -0.15) is 0 Å². The van der Waals surface area contributed by atoms with Gasteiger partial charge < -0.3 is 19.9 Å². The first-order valence-corrected chi connectivity index (χ1v) is 7.91. The molecule has 0 saturated carbocycles. The fourth-order valence-electron chi connectivity index (χ4n) is 1.99. The Hall–Kier alpha value is -1.85. The number of hydrogen-bond donors (Lipinski definition) is 1. The highest BCUT2D eigenvalue weighted by Crippen LogP contribution is 2.19. The summed E-state index contributed by atoms with van der Waals surface area (Å²) in [4.78, 5) is 11.8. The van der Waals surface area contributed by atoms with E-state index in [-0.39, 0.29) is 0 Å². The largest absolute Gasteiger partial charge is 0.483 e. The first-order valence-electron chi connectivity index (χ1n) is 7.91. The van der Waals surface area contributed by atoms with Crippen molar-refractivity contribution in [3.63, 3.8) is 0 Å². The molecule has 0 bridgehead atoms. The van der Waals surface area contributed by atoms with Gasteiger partial charge in [-0.15, -0.1) is 6.58 Å². The summed E-state index contributed by atoms with van der Waals surface area (Å²) in [6.07, 6.45) is 1.10. The van der Waals surface area contributed by atoms with Crippen LogP contribution in [0.5, 0.6) is 5.75 Å². The molecule has 1 aromatic carbocycles. The molecule has 23 heavy (non-hydrogen) atoms. The summed E-state index contributed by atoms with van der Waals surface area (Å²) in [6.45, 7) is 9.74. The van der Waals surface area contributed by atoms with Gasteiger partial charge in [0.15, 0.2) is 6.10 Å². The molecule has 0 radical (unpaired) electrons. The summed E-state index contributed by atoms with van der Waals surface area (Å²) < 4.78 is 17.2. The summed E-state index contributed by atoms with van der Waals surface area (Å²) in [5, 5.41) is 0. The van der Waals surface area contributed by atoms with Gasteiger partial charge in [0.2, 0.25) is 0 Å². The molecular formula is C18H27NO4. The molecule has 128 valence electrons. The van der Waals surface area contributed by atoms with E-state index in [1.807, 2.05) is 37.3 Å². The Balaban J connectivity index is 2.89. The Morgan fingerprint density at radius 3 is 2.48 bits per heavy atom. The number of nitrogens with two attached hydrogens (primary N) is 1. The topological polar surface area (TPSA) is 70.8 Å². The zero-order chi connectivity index (χ0) is 17.2. The third-order valence-electron chi connectivity index (χ3n) is 3.22. The van der Waals surface area contributed by atoms with Crippen LogP contribution in [0.1, 0.15) is 27.2 Å². The normalized spacial score (nSPS) is 16.0. The lowest BCUT2D eigenvalue weighted by Gasteiger charge is -2.30. The summed E-state index contributed by atoms with van der Waals surface area (Å²) in [7, 11) is 0. The molecule has 0 aliphatic heterocycles. The highest BCUT2D eigenvalue weighted by atomic mass is 16.6. The Bertz CT molecular complexity index is 475. The van der Waals surface area contributed by atoms with Crippen molar-refractivity contribution in [2.24, 2.45) is 5.73 Å². The van der Waals surface area contributed by atoms with E-state index in [9.17, 15) is 4.79 Å². The molecule has 0 amide bonds. The van der Waals surface area contributed by atoms with Gasteiger partial charge in [0.1, 0.15) is 24.0 Å². The molecule has 0 aliphatic carbocycles. The molecule has 0 saturated heterocycles. The SMILES string of the molecule is C=C[C@H](OCCC)[C@@H](Oc1ccccc1)[C@H](C)OC(=O)C(C)N. The van der Waals surface area contributed by atoms with Crippen molar-refractivity contribution < 1.29 is 19.0 Å². The number of carbonyl (C=O) groups is 1. The Morgan fingerprint density at radius 1 is 1.30 bits per heavy atom. The molecule has 1 rings (SSSR count). The van der Waals surface area contributed by atoms with Gasteiger partial charge in [0, 0.05) is 6.61 Å². The number of rotatable bonds is 10. The van der Waals surface area contributed by atoms with Crippen molar-refractivity contribution >= 4 is 5.97 Å².